The second-order valence-corrected chi connectivity index (χ2v) is 34.3. The molecule has 0 saturated heterocycles. The zero-order valence-electron chi connectivity index (χ0n) is 48.1. The molecule has 0 heterocycles. The van der Waals surface area contributed by atoms with Gasteiger partial charge in [0, 0.05) is 0 Å². The van der Waals surface area contributed by atoms with Crippen molar-refractivity contribution >= 4 is 71.6 Å². The van der Waals surface area contributed by atoms with Crippen LogP contribution in [0.4, 0.5) is 119 Å². The fraction of sp³-hybridized carbons (Fsp3) is 0.143. The largest absolute Gasteiger partial charge is 2.00 e. The Kier molecular flexibility index (Phi) is 20.9. The molecule has 0 amide bonds. The Balaban J connectivity index is 0.0000122. The van der Waals surface area contributed by atoms with Gasteiger partial charge in [0.1, 0.15) is 0 Å². The van der Waals surface area contributed by atoms with Gasteiger partial charge >= 0.3 is 540 Å². The molecule has 0 aromatic heterocycles. The van der Waals surface area contributed by atoms with E-state index in [-0.39, 0.29) is 115 Å². The summed E-state index contributed by atoms with van der Waals surface area (Å²) in [4.78, 5) is 0. The average Bonchev–Trinajstić information content (AvgIpc) is 0.737. The maximum atomic E-state index is 15.3. The number of rotatable bonds is 15. The number of hydrogen-bond donors (Lipinski definition) is 0. The average molecular weight is 1510 g/mol. The molecule has 0 fully saturated rings. The first kappa shape index (κ1) is 75.9. The first-order valence-corrected chi connectivity index (χ1v) is 34.6. The molecule has 0 N–H and O–H groups in total. The van der Waals surface area contributed by atoms with Crippen LogP contribution in [-0.4, -0.2) is 25.0 Å². The summed E-state index contributed by atoms with van der Waals surface area (Å²) in [5, 5.41) is -10.7. The third-order valence-electron chi connectivity index (χ3n) is 15.0. The van der Waals surface area contributed by atoms with E-state index in [1.54, 1.807) is 0 Å². The molecule has 518 valence electrons. The maximum absolute atomic E-state index is 15.3. The predicted octanol–water partition coefficient (Wildman–Crippen LogP) is 15.5. The van der Waals surface area contributed by atoms with E-state index >= 15 is 119 Å². The van der Waals surface area contributed by atoms with Gasteiger partial charge in [-0.15, -0.1) is 0 Å². The standard InChI is InChI=1S/3C21H12F9OSi.O.V/c3*22-19(23,24)13-4-1-7-16(10-13)32(31,17-8-2-5-14(11-17)20(25,26)27)18-9-3-6-15(12-18)21(28,29)30;;/h3*1-12H;;/q3*-1;-2;+5. The Morgan fingerprint density at radius 2 is 0.286 bits per heavy atom. The first-order valence-electron chi connectivity index (χ1n) is 27.2. The van der Waals surface area contributed by atoms with Crippen LogP contribution in [0.15, 0.2) is 218 Å². The van der Waals surface area contributed by atoms with Gasteiger partial charge in [-0.05, 0) is 0 Å². The van der Waals surface area contributed by atoms with Crippen LogP contribution in [-0.2, 0) is 87.3 Å². The molecule has 9 rings (SSSR count). The summed E-state index contributed by atoms with van der Waals surface area (Å²) in [5.41, 5.74) is -16.6. The Labute approximate surface area is 543 Å². The maximum Gasteiger partial charge on any atom is -2.00 e. The van der Waals surface area contributed by atoms with Gasteiger partial charge in [-0.25, -0.2) is 0 Å². The minimum absolute atomic E-state index is 0. The van der Waals surface area contributed by atoms with Crippen molar-refractivity contribution in [3.8, 4) is 0 Å². The van der Waals surface area contributed by atoms with Gasteiger partial charge in [-0.3, -0.25) is 0 Å². The first-order chi connectivity index (χ1) is 44.7. The molecule has 0 radical (unpaired) electrons. The van der Waals surface area contributed by atoms with E-state index < -0.39 is 194 Å². The molecule has 0 bridgehead atoms. The van der Waals surface area contributed by atoms with Crippen molar-refractivity contribution in [3.63, 3.8) is 0 Å². The van der Waals surface area contributed by atoms with E-state index in [0.717, 1.165) is 0 Å². The second-order valence-electron chi connectivity index (χ2n) is 21.2. The number of halogens is 27. The molecule has 0 spiro atoms. The zero-order valence-corrected chi connectivity index (χ0v) is 52.5. The third-order valence-corrected chi connectivity index (χ3v) is 32.3. The van der Waals surface area contributed by atoms with Crippen LogP contribution in [0.1, 0.15) is 50.1 Å². The Morgan fingerprint density at radius 3 is 0.378 bits per heavy atom. The summed E-state index contributed by atoms with van der Waals surface area (Å²) in [7, 11) is -19.8. The Morgan fingerprint density at radius 1 is 0.184 bits per heavy atom. The van der Waals surface area contributed by atoms with E-state index in [4.69, 9.17) is 10.1 Å². The molecule has 9 aromatic rings. The second kappa shape index (κ2) is 27.0. The summed E-state index contributed by atoms with van der Waals surface area (Å²) >= 11 is -6.63. The molecule has 35 heteroatoms. The summed E-state index contributed by atoms with van der Waals surface area (Å²) in [6.45, 7) is 0. The van der Waals surface area contributed by atoms with E-state index in [0.29, 0.717) is 109 Å². The van der Waals surface area contributed by atoms with Crippen molar-refractivity contribution in [2.24, 2.45) is 0 Å². The molecule has 98 heavy (non-hydrogen) atoms. The van der Waals surface area contributed by atoms with Gasteiger partial charge in [-0.1, -0.05) is 0 Å². The molecule has 0 aliphatic carbocycles. The smallest absolute Gasteiger partial charge is 2.00 e. The third kappa shape index (κ3) is 15.9. The van der Waals surface area contributed by atoms with Crippen LogP contribution >= 0.6 is 0 Å². The summed E-state index contributed by atoms with van der Waals surface area (Å²) in [6.07, 6.45) is -50.5. The molecule has 0 atom stereocenters. The van der Waals surface area contributed by atoms with Crippen LogP contribution in [0.5, 0.6) is 0 Å². The normalized spacial score (nSPS) is 13.5. The van der Waals surface area contributed by atoms with Gasteiger partial charge < -0.3 is 5.48 Å². The molecule has 0 aliphatic heterocycles. The quantitative estimate of drug-likeness (QED) is 0.0584. The summed E-state index contributed by atoms with van der Waals surface area (Å²) < 4.78 is 434. The molecular formula is C63H36F27O4Si3V. The van der Waals surface area contributed by atoms with Crippen LogP contribution in [0.2, 0.25) is 0 Å². The number of hydrogen-bond acceptors (Lipinski definition) is 3. The minimum atomic E-state index is -6.63. The molecule has 4 nitrogen and oxygen atoms in total. The van der Waals surface area contributed by atoms with E-state index in [1.807, 2.05) is 0 Å². The van der Waals surface area contributed by atoms with Crippen molar-refractivity contribution in [3.05, 3.63) is 268 Å². The van der Waals surface area contributed by atoms with E-state index in [1.165, 1.54) is 0 Å². The molecular weight excluding hydrogens is 1470 g/mol. The molecule has 9 aromatic carbocycles. The fourth-order valence-corrected chi connectivity index (χ4v) is 31.0. The van der Waals surface area contributed by atoms with Crippen LogP contribution in [0, 0.1) is 0 Å². The molecule has 0 aliphatic rings. The molecule has 0 unspecified atom stereocenters. The van der Waals surface area contributed by atoms with Crippen LogP contribution < -0.4 is 46.7 Å². The van der Waals surface area contributed by atoms with Gasteiger partial charge in [0.15, 0.2) is 0 Å². The number of benzene rings is 9. The van der Waals surface area contributed by atoms with Gasteiger partial charge in [0.25, 0.3) is 0 Å². The summed E-state index contributed by atoms with van der Waals surface area (Å²) in [6, 6.07) is 12.7. The molecule has 0 saturated carbocycles. The van der Waals surface area contributed by atoms with Crippen LogP contribution in [0.3, 0.4) is 0 Å². The van der Waals surface area contributed by atoms with E-state index in [9.17, 15) is 0 Å². The zero-order chi connectivity index (χ0) is 71.5. The van der Waals surface area contributed by atoms with Crippen LogP contribution in [0.25, 0.3) is 0 Å². The SMILES string of the molecule is FC(F)(F)c1cccc([Si]([O][V+2]([O][Si](c2cccc(C(F)(F)F)c2)(c2cccc(C(F)(F)F)c2)c2cccc(C(F)(F)F)c2)[O][Si](c2cccc(C(F)(F)F)c2)(c2cccc(C(F)(F)F)c2)c2cccc(C(F)(F)F)c2)(c2cccc(C(F)(F)F)c2)c2cccc(C(F)(F)F)c2)c1.[O-2]. The summed E-state index contributed by atoms with van der Waals surface area (Å²) in [5.74, 6) is 0. The number of alkyl halides is 27. The van der Waals surface area contributed by atoms with Crippen molar-refractivity contribution in [2.45, 2.75) is 55.6 Å². The van der Waals surface area contributed by atoms with Crippen molar-refractivity contribution in [2.75, 3.05) is 0 Å². The van der Waals surface area contributed by atoms with E-state index in [2.05, 4.69) is 0 Å². The Bertz CT molecular complexity index is 3470. The van der Waals surface area contributed by atoms with Crippen molar-refractivity contribution in [1.82, 2.24) is 0 Å². The minimum Gasteiger partial charge on any atom is -2.00 e. The van der Waals surface area contributed by atoms with Gasteiger partial charge in [0.05, 0.1) is 0 Å². The van der Waals surface area contributed by atoms with Gasteiger partial charge in [-0.2, -0.15) is 0 Å². The topological polar surface area (TPSA) is 56.2 Å². The predicted molar refractivity (Wildman–Crippen MR) is 301 cm³/mol. The fourth-order valence-electron chi connectivity index (χ4n) is 10.6. The van der Waals surface area contributed by atoms with Gasteiger partial charge in [0.2, 0.25) is 0 Å². The monoisotopic (exact) mass is 1500 g/mol. The van der Waals surface area contributed by atoms with Crippen molar-refractivity contribution in [1.29, 1.82) is 0 Å². The Hall–Kier alpha value is -7.83. The van der Waals surface area contributed by atoms with Crippen molar-refractivity contribution < 1.29 is 150 Å².